The minimum absolute atomic E-state index is 0.00467. The summed E-state index contributed by atoms with van der Waals surface area (Å²) in [7, 11) is 0. The standard InChI is InChI=1S/C19H17N3O/c20-14-15-9-11-22(12-10-15)19(23)16-5-4-8-18(13-16)21-17-6-2-1-3-7-17/h1-9,13,21H,10-12H2. The van der Waals surface area contributed by atoms with Gasteiger partial charge in [0.05, 0.1) is 6.07 Å². The maximum absolute atomic E-state index is 12.6. The van der Waals surface area contributed by atoms with E-state index in [2.05, 4.69) is 11.4 Å². The van der Waals surface area contributed by atoms with Crippen molar-refractivity contribution < 1.29 is 4.79 Å². The third-order valence-electron chi connectivity index (χ3n) is 3.81. The van der Waals surface area contributed by atoms with Crippen molar-refractivity contribution in [2.45, 2.75) is 6.42 Å². The minimum Gasteiger partial charge on any atom is -0.356 e. The number of nitrogens with zero attached hydrogens (tertiary/aromatic N) is 2. The van der Waals surface area contributed by atoms with E-state index in [9.17, 15) is 4.79 Å². The molecule has 4 nitrogen and oxygen atoms in total. The number of para-hydroxylation sites is 1. The lowest BCUT2D eigenvalue weighted by Gasteiger charge is -2.25. The van der Waals surface area contributed by atoms with E-state index < -0.39 is 0 Å². The zero-order valence-corrected chi connectivity index (χ0v) is 12.7. The van der Waals surface area contributed by atoms with Crippen molar-refractivity contribution in [1.82, 2.24) is 4.90 Å². The van der Waals surface area contributed by atoms with Crippen molar-refractivity contribution in [2.75, 3.05) is 18.4 Å². The molecule has 0 fully saturated rings. The second-order valence-corrected chi connectivity index (χ2v) is 5.41. The molecule has 1 N–H and O–H groups in total. The molecule has 3 rings (SSSR count). The van der Waals surface area contributed by atoms with E-state index >= 15 is 0 Å². The van der Waals surface area contributed by atoms with Gasteiger partial charge < -0.3 is 10.2 Å². The summed E-state index contributed by atoms with van der Waals surface area (Å²) in [5.74, 6) is -0.00467. The zero-order chi connectivity index (χ0) is 16.1. The maximum atomic E-state index is 12.6. The van der Waals surface area contributed by atoms with Crippen LogP contribution in [0.15, 0.2) is 66.2 Å². The predicted molar refractivity (Wildman–Crippen MR) is 90.4 cm³/mol. The van der Waals surface area contributed by atoms with Crippen LogP contribution >= 0.6 is 0 Å². The van der Waals surface area contributed by atoms with Gasteiger partial charge in [-0.05, 0) is 36.8 Å². The molecular formula is C19H17N3O. The summed E-state index contributed by atoms with van der Waals surface area (Å²) in [6, 6.07) is 19.5. The highest BCUT2D eigenvalue weighted by Gasteiger charge is 2.18. The largest absolute Gasteiger partial charge is 0.356 e. The number of nitrogens with one attached hydrogen (secondary N) is 1. The predicted octanol–water partition coefficient (Wildman–Crippen LogP) is 3.73. The SMILES string of the molecule is N#CC1=CCN(C(=O)c2cccc(Nc3ccccc3)c2)CC1. The molecule has 23 heavy (non-hydrogen) atoms. The normalized spacial score (nSPS) is 13.9. The van der Waals surface area contributed by atoms with Gasteiger partial charge >= 0.3 is 0 Å². The fourth-order valence-electron chi connectivity index (χ4n) is 2.56. The fourth-order valence-corrected chi connectivity index (χ4v) is 2.56. The molecule has 1 aliphatic rings. The number of hydrogen-bond acceptors (Lipinski definition) is 3. The average molecular weight is 303 g/mol. The summed E-state index contributed by atoms with van der Waals surface area (Å²) >= 11 is 0. The molecule has 1 heterocycles. The van der Waals surface area contributed by atoms with Gasteiger partial charge in [0, 0.05) is 35.6 Å². The van der Waals surface area contributed by atoms with Crippen molar-refractivity contribution >= 4 is 17.3 Å². The van der Waals surface area contributed by atoms with E-state index in [4.69, 9.17) is 5.26 Å². The number of benzene rings is 2. The molecule has 0 saturated carbocycles. The Morgan fingerprint density at radius 3 is 2.57 bits per heavy atom. The van der Waals surface area contributed by atoms with Gasteiger partial charge in [0.15, 0.2) is 0 Å². The average Bonchev–Trinajstić information content (AvgIpc) is 2.62. The van der Waals surface area contributed by atoms with Crippen molar-refractivity contribution in [3.8, 4) is 6.07 Å². The van der Waals surface area contributed by atoms with Gasteiger partial charge in [-0.15, -0.1) is 0 Å². The van der Waals surface area contributed by atoms with E-state index in [1.54, 1.807) is 4.90 Å². The highest BCUT2D eigenvalue weighted by atomic mass is 16.2. The van der Waals surface area contributed by atoms with Crippen LogP contribution in [0, 0.1) is 11.3 Å². The monoisotopic (exact) mass is 303 g/mol. The quantitative estimate of drug-likeness (QED) is 0.940. The molecule has 2 aromatic rings. The molecule has 0 saturated heterocycles. The Labute approximate surface area is 135 Å². The molecule has 0 unspecified atom stereocenters. The molecule has 4 heteroatoms. The molecule has 0 aromatic heterocycles. The first-order chi connectivity index (χ1) is 11.3. The Hall–Kier alpha value is -3.06. The molecule has 0 spiro atoms. The number of carbonyl (C=O) groups excluding carboxylic acids is 1. The Kier molecular flexibility index (Phi) is 4.39. The molecular weight excluding hydrogens is 286 g/mol. The van der Waals surface area contributed by atoms with Crippen molar-refractivity contribution in [3.63, 3.8) is 0 Å². The summed E-state index contributed by atoms with van der Waals surface area (Å²) in [6.07, 6.45) is 2.46. The van der Waals surface area contributed by atoms with E-state index in [0.29, 0.717) is 25.1 Å². The lowest BCUT2D eigenvalue weighted by atomic mass is 10.1. The van der Waals surface area contributed by atoms with Gasteiger partial charge in [-0.25, -0.2) is 0 Å². The Bertz CT molecular complexity index is 775. The molecule has 1 aliphatic heterocycles. The molecule has 0 radical (unpaired) electrons. The van der Waals surface area contributed by atoms with Gasteiger partial charge in [-0.3, -0.25) is 4.79 Å². The highest BCUT2D eigenvalue weighted by molar-refractivity contribution is 5.95. The third-order valence-corrected chi connectivity index (χ3v) is 3.81. The smallest absolute Gasteiger partial charge is 0.254 e. The summed E-state index contributed by atoms with van der Waals surface area (Å²) in [5.41, 5.74) is 3.28. The number of carbonyl (C=O) groups is 1. The topological polar surface area (TPSA) is 56.1 Å². The van der Waals surface area contributed by atoms with Gasteiger partial charge in [0.25, 0.3) is 5.91 Å². The van der Waals surface area contributed by atoms with E-state index in [-0.39, 0.29) is 5.91 Å². The number of anilines is 2. The molecule has 1 amide bonds. The number of amides is 1. The Morgan fingerprint density at radius 2 is 1.87 bits per heavy atom. The fraction of sp³-hybridized carbons (Fsp3) is 0.158. The van der Waals surface area contributed by atoms with Crippen molar-refractivity contribution in [3.05, 3.63) is 71.8 Å². The minimum atomic E-state index is -0.00467. The number of hydrogen-bond donors (Lipinski definition) is 1. The van der Waals surface area contributed by atoms with Crippen LogP contribution in [0.1, 0.15) is 16.8 Å². The Balaban J connectivity index is 1.74. The van der Waals surface area contributed by atoms with Crippen LogP contribution in [0.3, 0.4) is 0 Å². The van der Waals surface area contributed by atoms with Crippen LogP contribution in [0.5, 0.6) is 0 Å². The molecule has 0 bridgehead atoms. The second-order valence-electron chi connectivity index (χ2n) is 5.41. The summed E-state index contributed by atoms with van der Waals surface area (Å²) in [5, 5.41) is 12.2. The first-order valence-electron chi connectivity index (χ1n) is 7.57. The van der Waals surface area contributed by atoms with Crippen LogP contribution in [0.4, 0.5) is 11.4 Å². The van der Waals surface area contributed by atoms with Gasteiger partial charge in [0.1, 0.15) is 0 Å². The summed E-state index contributed by atoms with van der Waals surface area (Å²) < 4.78 is 0. The van der Waals surface area contributed by atoms with E-state index in [1.165, 1.54) is 0 Å². The van der Waals surface area contributed by atoms with Crippen LogP contribution in [0.25, 0.3) is 0 Å². The van der Waals surface area contributed by atoms with Gasteiger partial charge in [-0.2, -0.15) is 5.26 Å². The number of rotatable bonds is 3. The lowest BCUT2D eigenvalue weighted by molar-refractivity contribution is 0.0770. The van der Waals surface area contributed by atoms with Gasteiger partial charge in [-0.1, -0.05) is 30.3 Å². The first kappa shape index (κ1) is 14.9. The van der Waals surface area contributed by atoms with Crippen LogP contribution in [-0.4, -0.2) is 23.9 Å². The van der Waals surface area contributed by atoms with Crippen LogP contribution < -0.4 is 5.32 Å². The summed E-state index contributed by atoms with van der Waals surface area (Å²) in [4.78, 5) is 14.4. The van der Waals surface area contributed by atoms with Crippen LogP contribution in [0.2, 0.25) is 0 Å². The Morgan fingerprint density at radius 1 is 1.09 bits per heavy atom. The van der Waals surface area contributed by atoms with Crippen molar-refractivity contribution in [2.24, 2.45) is 0 Å². The van der Waals surface area contributed by atoms with Gasteiger partial charge in [0.2, 0.25) is 0 Å². The first-order valence-corrected chi connectivity index (χ1v) is 7.57. The van der Waals surface area contributed by atoms with E-state index in [0.717, 1.165) is 16.9 Å². The highest BCUT2D eigenvalue weighted by Crippen LogP contribution is 2.19. The molecule has 2 aromatic carbocycles. The molecule has 0 aliphatic carbocycles. The van der Waals surface area contributed by atoms with Crippen LogP contribution in [-0.2, 0) is 0 Å². The van der Waals surface area contributed by atoms with Crippen molar-refractivity contribution in [1.29, 1.82) is 5.26 Å². The second kappa shape index (κ2) is 6.80. The summed E-state index contributed by atoms with van der Waals surface area (Å²) in [6.45, 7) is 1.09. The molecule has 114 valence electrons. The van der Waals surface area contributed by atoms with E-state index in [1.807, 2.05) is 60.7 Å². The molecule has 0 atom stereocenters. The number of nitriles is 1. The third kappa shape index (κ3) is 3.58. The zero-order valence-electron chi connectivity index (χ0n) is 12.7. The maximum Gasteiger partial charge on any atom is 0.254 e. The lowest BCUT2D eigenvalue weighted by Crippen LogP contribution is -2.34.